The molecular formula is C13H18O2. The Bertz CT molecular complexity index is 290. The van der Waals surface area contributed by atoms with Crippen LogP contribution in [0.15, 0.2) is 36.9 Å². The molecule has 1 atom stereocenters. The van der Waals surface area contributed by atoms with Crippen molar-refractivity contribution in [2.45, 2.75) is 26.1 Å². The molecule has 0 bridgehead atoms. The summed E-state index contributed by atoms with van der Waals surface area (Å²) in [5.74, 6) is 0.870. The summed E-state index contributed by atoms with van der Waals surface area (Å²) in [5.41, 5.74) is 1.15. The first-order valence-electron chi connectivity index (χ1n) is 5.17. The second-order valence-electron chi connectivity index (χ2n) is 3.34. The molecule has 2 heteroatoms. The molecule has 0 unspecified atom stereocenters. The second-order valence-corrected chi connectivity index (χ2v) is 3.34. The molecule has 0 spiro atoms. The Morgan fingerprint density at radius 2 is 2.00 bits per heavy atom. The first-order valence-corrected chi connectivity index (χ1v) is 5.17. The lowest BCUT2D eigenvalue weighted by atomic mass is 10.2. The molecule has 0 heterocycles. The fraction of sp³-hybridized carbons (Fsp3) is 0.385. The molecule has 0 fully saturated rings. The standard InChI is InChI=1S/C13H18O2/c1-4-12(5-2)15-10-11-6-8-13(14-3)9-7-11/h4,6-9,12H,1,5,10H2,2-3H3/t12-/m0/s1. The van der Waals surface area contributed by atoms with Gasteiger partial charge in [0.15, 0.2) is 0 Å². The molecule has 0 radical (unpaired) electrons. The van der Waals surface area contributed by atoms with E-state index in [2.05, 4.69) is 13.5 Å². The Hall–Kier alpha value is -1.28. The van der Waals surface area contributed by atoms with Crippen molar-refractivity contribution in [3.8, 4) is 5.75 Å². The molecule has 1 rings (SSSR count). The van der Waals surface area contributed by atoms with Gasteiger partial charge in [0.25, 0.3) is 0 Å². The Labute approximate surface area is 91.5 Å². The minimum atomic E-state index is 0.145. The van der Waals surface area contributed by atoms with Gasteiger partial charge in [-0.1, -0.05) is 25.1 Å². The van der Waals surface area contributed by atoms with Crippen molar-refractivity contribution in [1.82, 2.24) is 0 Å². The lowest BCUT2D eigenvalue weighted by Gasteiger charge is -2.11. The van der Waals surface area contributed by atoms with E-state index >= 15 is 0 Å². The molecule has 0 N–H and O–H groups in total. The molecule has 0 saturated heterocycles. The van der Waals surface area contributed by atoms with Gasteiger partial charge in [0.05, 0.1) is 19.8 Å². The third-order valence-electron chi connectivity index (χ3n) is 2.29. The molecule has 2 nitrogen and oxygen atoms in total. The van der Waals surface area contributed by atoms with Gasteiger partial charge in [0, 0.05) is 0 Å². The Kier molecular flexibility index (Phi) is 4.91. The maximum atomic E-state index is 5.64. The van der Waals surface area contributed by atoms with E-state index in [1.807, 2.05) is 30.3 Å². The largest absolute Gasteiger partial charge is 0.497 e. The summed E-state index contributed by atoms with van der Waals surface area (Å²) in [6.07, 6.45) is 2.94. The summed E-state index contributed by atoms with van der Waals surface area (Å²) in [6, 6.07) is 7.89. The summed E-state index contributed by atoms with van der Waals surface area (Å²) in [6.45, 7) is 6.43. The minimum Gasteiger partial charge on any atom is -0.497 e. The molecule has 0 amide bonds. The number of hydrogen-bond donors (Lipinski definition) is 0. The maximum absolute atomic E-state index is 5.64. The van der Waals surface area contributed by atoms with Crippen LogP contribution in [0.2, 0.25) is 0 Å². The molecular weight excluding hydrogens is 188 g/mol. The Morgan fingerprint density at radius 1 is 1.33 bits per heavy atom. The second kappa shape index (κ2) is 6.25. The van der Waals surface area contributed by atoms with E-state index < -0.39 is 0 Å². The third-order valence-corrected chi connectivity index (χ3v) is 2.29. The molecule has 82 valence electrons. The van der Waals surface area contributed by atoms with Gasteiger partial charge in [-0.2, -0.15) is 0 Å². The molecule has 1 aromatic carbocycles. The van der Waals surface area contributed by atoms with Gasteiger partial charge < -0.3 is 9.47 Å². The van der Waals surface area contributed by atoms with E-state index in [9.17, 15) is 0 Å². The van der Waals surface area contributed by atoms with Crippen LogP contribution in [-0.4, -0.2) is 13.2 Å². The van der Waals surface area contributed by atoms with Crippen molar-refractivity contribution in [3.05, 3.63) is 42.5 Å². The fourth-order valence-electron chi connectivity index (χ4n) is 1.28. The van der Waals surface area contributed by atoms with E-state index in [1.54, 1.807) is 7.11 Å². The van der Waals surface area contributed by atoms with Crippen LogP contribution in [0.1, 0.15) is 18.9 Å². The van der Waals surface area contributed by atoms with E-state index in [0.717, 1.165) is 17.7 Å². The van der Waals surface area contributed by atoms with Gasteiger partial charge >= 0.3 is 0 Å². The average Bonchev–Trinajstić information content (AvgIpc) is 2.31. The SMILES string of the molecule is C=C[C@@H](CC)OCc1ccc(OC)cc1. The highest BCUT2D eigenvalue weighted by Crippen LogP contribution is 2.13. The highest BCUT2D eigenvalue weighted by Gasteiger charge is 2.01. The number of benzene rings is 1. The van der Waals surface area contributed by atoms with Gasteiger partial charge in [0.1, 0.15) is 5.75 Å². The topological polar surface area (TPSA) is 18.5 Å². The van der Waals surface area contributed by atoms with Crippen LogP contribution in [0.5, 0.6) is 5.75 Å². The number of ether oxygens (including phenoxy) is 2. The van der Waals surface area contributed by atoms with Crippen molar-refractivity contribution in [2.75, 3.05) is 7.11 Å². The van der Waals surface area contributed by atoms with Gasteiger partial charge in [-0.05, 0) is 24.1 Å². The van der Waals surface area contributed by atoms with E-state index in [-0.39, 0.29) is 6.10 Å². The zero-order chi connectivity index (χ0) is 11.1. The van der Waals surface area contributed by atoms with Crippen LogP contribution in [0, 0.1) is 0 Å². The summed E-state index contributed by atoms with van der Waals surface area (Å²) >= 11 is 0. The van der Waals surface area contributed by atoms with Gasteiger partial charge in [-0.15, -0.1) is 6.58 Å². The highest BCUT2D eigenvalue weighted by atomic mass is 16.5. The molecule has 0 aliphatic heterocycles. The van der Waals surface area contributed by atoms with Crippen molar-refractivity contribution in [3.63, 3.8) is 0 Å². The van der Waals surface area contributed by atoms with Gasteiger partial charge in [0.2, 0.25) is 0 Å². The van der Waals surface area contributed by atoms with E-state index in [0.29, 0.717) is 6.61 Å². The number of rotatable bonds is 6. The maximum Gasteiger partial charge on any atom is 0.118 e. The molecule has 1 aromatic rings. The van der Waals surface area contributed by atoms with Crippen LogP contribution in [0.4, 0.5) is 0 Å². The zero-order valence-electron chi connectivity index (χ0n) is 9.40. The smallest absolute Gasteiger partial charge is 0.118 e. The van der Waals surface area contributed by atoms with Crippen molar-refractivity contribution in [2.24, 2.45) is 0 Å². The monoisotopic (exact) mass is 206 g/mol. The average molecular weight is 206 g/mol. The third kappa shape index (κ3) is 3.76. The van der Waals surface area contributed by atoms with Crippen LogP contribution >= 0.6 is 0 Å². The summed E-state index contributed by atoms with van der Waals surface area (Å²) < 4.78 is 10.7. The zero-order valence-corrected chi connectivity index (χ0v) is 9.40. The van der Waals surface area contributed by atoms with Crippen molar-refractivity contribution >= 4 is 0 Å². The minimum absolute atomic E-state index is 0.145. The molecule has 0 aliphatic rings. The number of methoxy groups -OCH3 is 1. The number of hydrogen-bond acceptors (Lipinski definition) is 2. The summed E-state index contributed by atoms with van der Waals surface area (Å²) in [7, 11) is 1.66. The quantitative estimate of drug-likeness (QED) is 0.665. The van der Waals surface area contributed by atoms with Crippen LogP contribution in [0.25, 0.3) is 0 Å². The first-order chi connectivity index (χ1) is 7.30. The van der Waals surface area contributed by atoms with Crippen molar-refractivity contribution < 1.29 is 9.47 Å². The van der Waals surface area contributed by atoms with Crippen LogP contribution in [-0.2, 0) is 11.3 Å². The normalized spacial score (nSPS) is 12.1. The van der Waals surface area contributed by atoms with Gasteiger partial charge in [-0.25, -0.2) is 0 Å². The fourth-order valence-corrected chi connectivity index (χ4v) is 1.28. The molecule has 0 aliphatic carbocycles. The van der Waals surface area contributed by atoms with Crippen molar-refractivity contribution in [1.29, 1.82) is 0 Å². The Balaban J connectivity index is 2.46. The van der Waals surface area contributed by atoms with Crippen LogP contribution in [0.3, 0.4) is 0 Å². The molecule has 15 heavy (non-hydrogen) atoms. The van der Waals surface area contributed by atoms with E-state index in [1.165, 1.54) is 0 Å². The first kappa shape index (κ1) is 11.8. The predicted molar refractivity (Wildman–Crippen MR) is 62.1 cm³/mol. The van der Waals surface area contributed by atoms with E-state index in [4.69, 9.17) is 9.47 Å². The van der Waals surface area contributed by atoms with Crippen LogP contribution < -0.4 is 4.74 Å². The Morgan fingerprint density at radius 3 is 2.47 bits per heavy atom. The summed E-state index contributed by atoms with van der Waals surface area (Å²) in [4.78, 5) is 0. The summed E-state index contributed by atoms with van der Waals surface area (Å²) in [5, 5.41) is 0. The lowest BCUT2D eigenvalue weighted by molar-refractivity contribution is 0.0699. The predicted octanol–water partition coefficient (Wildman–Crippen LogP) is 3.18. The molecule has 0 saturated carbocycles. The molecule has 0 aromatic heterocycles. The highest BCUT2D eigenvalue weighted by molar-refractivity contribution is 5.26. The lowest BCUT2D eigenvalue weighted by Crippen LogP contribution is -2.07. The van der Waals surface area contributed by atoms with Gasteiger partial charge in [-0.3, -0.25) is 0 Å².